The number of hydrazone groups is 1. The Bertz CT molecular complexity index is 764. The number of nitrogens with one attached hydrogen (secondary N) is 2. The number of anilines is 1. The molecule has 1 atom stereocenters. The summed E-state index contributed by atoms with van der Waals surface area (Å²) in [6.45, 7) is 2.69. The molecule has 0 aromatic heterocycles. The first-order valence-electron chi connectivity index (χ1n) is 8.42. The van der Waals surface area contributed by atoms with Gasteiger partial charge in [-0.05, 0) is 24.4 Å². The molecule has 0 aliphatic carbocycles. The molecule has 2 N–H and O–H groups in total. The first-order valence-corrected chi connectivity index (χ1v) is 8.83. The number of nitrogens with zero attached hydrogens (tertiary/aromatic N) is 3. The van der Waals surface area contributed by atoms with Crippen LogP contribution in [0, 0.1) is 5.92 Å². The summed E-state index contributed by atoms with van der Waals surface area (Å²) in [7, 11) is 0. The highest BCUT2D eigenvalue weighted by Gasteiger charge is 2.38. The maximum atomic E-state index is 12.7. The fraction of sp³-hybridized carbons (Fsp3) is 0.353. The largest absolute Gasteiger partial charge is 0.379 e. The minimum absolute atomic E-state index is 0.0113. The second-order valence-electron chi connectivity index (χ2n) is 5.98. The van der Waals surface area contributed by atoms with Crippen LogP contribution >= 0.6 is 12.2 Å². The van der Waals surface area contributed by atoms with Crippen molar-refractivity contribution in [2.75, 3.05) is 37.7 Å². The van der Waals surface area contributed by atoms with Gasteiger partial charge in [-0.3, -0.25) is 24.2 Å². The van der Waals surface area contributed by atoms with Crippen LogP contribution in [-0.2, 0) is 19.1 Å². The molecule has 10 heteroatoms. The number of thiocarbonyl (C=S) groups is 1. The van der Waals surface area contributed by atoms with Crippen molar-refractivity contribution in [2.45, 2.75) is 0 Å². The first kappa shape index (κ1) is 19.1. The third-order valence-electron chi connectivity index (χ3n) is 4.10. The molecule has 1 aromatic carbocycles. The monoisotopic (exact) mass is 389 g/mol. The average Bonchev–Trinajstić information content (AvgIpc) is 2.66. The van der Waals surface area contributed by atoms with E-state index in [2.05, 4.69) is 15.8 Å². The molecule has 0 spiro atoms. The second kappa shape index (κ2) is 8.80. The predicted octanol–water partition coefficient (Wildman–Crippen LogP) is -0.515. The Kier molecular flexibility index (Phi) is 6.22. The second-order valence-corrected chi connectivity index (χ2v) is 6.37. The summed E-state index contributed by atoms with van der Waals surface area (Å²) in [6.07, 6.45) is 1.12. The molecule has 27 heavy (non-hydrogen) atoms. The number of carbonyl (C=O) groups excluding carboxylic acids is 3. The molecule has 2 aliphatic heterocycles. The molecule has 2 heterocycles. The maximum absolute atomic E-state index is 12.7. The Balaban J connectivity index is 1.61. The van der Waals surface area contributed by atoms with Crippen molar-refractivity contribution >= 4 is 47.0 Å². The summed E-state index contributed by atoms with van der Waals surface area (Å²) in [5.74, 6) is -2.61. The van der Waals surface area contributed by atoms with Gasteiger partial charge in [0.15, 0.2) is 11.0 Å². The Hall–Kier alpha value is -2.69. The number of para-hydroxylation sites is 1. The molecule has 142 valence electrons. The molecular weight excluding hydrogens is 370 g/mol. The normalized spacial score (nSPS) is 21.4. The number of amides is 3. The van der Waals surface area contributed by atoms with Crippen molar-refractivity contribution < 1.29 is 19.1 Å². The van der Waals surface area contributed by atoms with Crippen molar-refractivity contribution in [2.24, 2.45) is 11.0 Å². The predicted molar refractivity (Wildman–Crippen MR) is 102 cm³/mol. The van der Waals surface area contributed by atoms with Crippen LogP contribution in [0.15, 0.2) is 35.4 Å². The molecule has 0 radical (unpaired) electrons. The molecular formula is C17H19N5O4S. The van der Waals surface area contributed by atoms with Crippen molar-refractivity contribution in [3.63, 3.8) is 0 Å². The fourth-order valence-corrected chi connectivity index (χ4v) is 3.02. The van der Waals surface area contributed by atoms with Crippen LogP contribution in [0.4, 0.5) is 5.69 Å². The Labute approximate surface area is 161 Å². The highest BCUT2D eigenvalue weighted by Crippen LogP contribution is 2.19. The van der Waals surface area contributed by atoms with E-state index in [9.17, 15) is 14.4 Å². The van der Waals surface area contributed by atoms with Gasteiger partial charge in [0.2, 0.25) is 5.91 Å². The standard InChI is InChI=1S/C17H19N5O4S/c23-14(11-21-6-8-26-9-7-21)20-18-10-13-15(24)19-17(27)22(16(13)25)12-4-2-1-3-5-12/h1-5,10,13H,6-9,11H2,(H,20,23)(H,19,24,27)/b18-10+/t13-/m1/s1. The van der Waals surface area contributed by atoms with Gasteiger partial charge in [-0.15, -0.1) is 0 Å². The van der Waals surface area contributed by atoms with Crippen LogP contribution < -0.4 is 15.6 Å². The molecule has 2 saturated heterocycles. The highest BCUT2D eigenvalue weighted by molar-refractivity contribution is 7.80. The molecule has 1 aromatic rings. The van der Waals surface area contributed by atoms with Gasteiger partial charge in [-0.25, -0.2) is 5.43 Å². The average molecular weight is 389 g/mol. The Morgan fingerprint density at radius 1 is 1.30 bits per heavy atom. The summed E-state index contributed by atoms with van der Waals surface area (Å²) in [5.41, 5.74) is 2.89. The van der Waals surface area contributed by atoms with E-state index < -0.39 is 17.7 Å². The lowest BCUT2D eigenvalue weighted by atomic mass is 10.1. The lowest BCUT2D eigenvalue weighted by molar-refractivity contribution is -0.130. The topological polar surface area (TPSA) is 103 Å². The van der Waals surface area contributed by atoms with Gasteiger partial charge in [0, 0.05) is 19.3 Å². The van der Waals surface area contributed by atoms with Crippen molar-refractivity contribution in [3.8, 4) is 0 Å². The molecule has 2 fully saturated rings. The Morgan fingerprint density at radius 2 is 2.00 bits per heavy atom. The van der Waals surface area contributed by atoms with Gasteiger partial charge in [-0.2, -0.15) is 5.10 Å². The SMILES string of the molecule is O=C(CN1CCOCC1)N/N=C/[C@@H]1C(=O)NC(=S)N(c2ccccc2)C1=O. The fourth-order valence-electron chi connectivity index (χ4n) is 2.72. The smallest absolute Gasteiger partial charge is 0.254 e. The lowest BCUT2D eigenvalue weighted by Crippen LogP contribution is -2.58. The van der Waals surface area contributed by atoms with E-state index in [4.69, 9.17) is 17.0 Å². The molecule has 0 unspecified atom stereocenters. The molecule has 3 amide bonds. The van der Waals surface area contributed by atoms with E-state index in [0.717, 1.165) is 6.21 Å². The van der Waals surface area contributed by atoms with Crippen LogP contribution in [0.2, 0.25) is 0 Å². The zero-order chi connectivity index (χ0) is 19.2. The van der Waals surface area contributed by atoms with Crippen molar-refractivity contribution in [1.29, 1.82) is 0 Å². The quantitative estimate of drug-likeness (QED) is 0.304. The van der Waals surface area contributed by atoms with Gasteiger partial charge >= 0.3 is 0 Å². The molecule has 0 saturated carbocycles. The number of benzene rings is 1. The van der Waals surface area contributed by atoms with E-state index in [1.54, 1.807) is 24.3 Å². The molecule has 3 rings (SSSR count). The van der Waals surface area contributed by atoms with E-state index in [-0.39, 0.29) is 17.6 Å². The number of hydrogen-bond acceptors (Lipinski definition) is 7. The number of morpholine rings is 1. The van der Waals surface area contributed by atoms with Crippen LogP contribution in [0.3, 0.4) is 0 Å². The minimum Gasteiger partial charge on any atom is -0.379 e. The minimum atomic E-state index is -1.18. The van der Waals surface area contributed by atoms with Crippen molar-refractivity contribution in [1.82, 2.24) is 15.6 Å². The summed E-state index contributed by atoms with van der Waals surface area (Å²) in [6, 6.07) is 8.75. The number of ether oxygens (including phenoxy) is 1. The van der Waals surface area contributed by atoms with Crippen molar-refractivity contribution in [3.05, 3.63) is 30.3 Å². The molecule has 9 nitrogen and oxygen atoms in total. The van der Waals surface area contributed by atoms with Crippen LogP contribution in [0.1, 0.15) is 0 Å². The summed E-state index contributed by atoms with van der Waals surface area (Å²) in [4.78, 5) is 39.9. The van der Waals surface area contributed by atoms with Crippen LogP contribution in [-0.4, -0.2) is 66.8 Å². The summed E-state index contributed by atoms with van der Waals surface area (Å²) >= 11 is 5.10. The Morgan fingerprint density at radius 3 is 2.70 bits per heavy atom. The summed E-state index contributed by atoms with van der Waals surface area (Å²) in [5, 5.41) is 6.28. The number of carbonyl (C=O) groups is 3. The third-order valence-corrected chi connectivity index (χ3v) is 4.38. The zero-order valence-electron chi connectivity index (χ0n) is 14.5. The van der Waals surface area contributed by atoms with E-state index >= 15 is 0 Å². The first-order chi connectivity index (χ1) is 13.1. The van der Waals surface area contributed by atoms with Gasteiger partial charge in [0.05, 0.1) is 25.4 Å². The van der Waals surface area contributed by atoms with Crippen LogP contribution in [0.5, 0.6) is 0 Å². The summed E-state index contributed by atoms with van der Waals surface area (Å²) < 4.78 is 5.22. The van der Waals surface area contributed by atoms with E-state index in [1.165, 1.54) is 4.90 Å². The zero-order valence-corrected chi connectivity index (χ0v) is 15.3. The van der Waals surface area contributed by atoms with Gasteiger partial charge < -0.3 is 10.1 Å². The highest BCUT2D eigenvalue weighted by atomic mass is 32.1. The van der Waals surface area contributed by atoms with Gasteiger partial charge in [0.25, 0.3) is 11.8 Å². The number of hydrogen-bond donors (Lipinski definition) is 2. The van der Waals surface area contributed by atoms with Gasteiger partial charge in [0.1, 0.15) is 0 Å². The molecule has 0 bridgehead atoms. The van der Waals surface area contributed by atoms with Crippen LogP contribution in [0.25, 0.3) is 0 Å². The third kappa shape index (κ3) is 4.73. The van der Waals surface area contributed by atoms with E-state index in [1.807, 2.05) is 11.0 Å². The molecule has 2 aliphatic rings. The van der Waals surface area contributed by atoms with Gasteiger partial charge in [-0.1, -0.05) is 18.2 Å². The van der Waals surface area contributed by atoms with E-state index in [0.29, 0.717) is 32.0 Å². The number of rotatable bonds is 5. The lowest BCUT2D eigenvalue weighted by Gasteiger charge is -2.30. The maximum Gasteiger partial charge on any atom is 0.254 e.